The minimum Gasteiger partial charge on any atom is -0.478 e. The Balaban J connectivity index is 0.955. The summed E-state index contributed by atoms with van der Waals surface area (Å²) in [4.78, 5) is 89.7. The predicted molar refractivity (Wildman–Crippen MR) is 254 cm³/mol. The number of phosphoric acid groups is 2. The highest BCUT2D eigenvalue weighted by Gasteiger charge is 2.51. The number of anilines is 2. The lowest BCUT2D eigenvalue weighted by molar-refractivity contribution is -0.745. The number of carboxylic acid groups (broad SMARTS) is 1. The molecule has 0 spiro atoms. The van der Waals surface area contributed by atoms with E-state index >= 15 is 0 Å². The number of aromatic carboxylic acids is 1. The average Bonchev–Trinajstić information content (AvgIpc) is 3.82. The number of ether oxygens (including phenoxy) is 3. The van der Waals surface area contributed by atoms with E-state index in [9.17, 15) is 43.4 Å². The van der Waals surface area contributed by atoms with Crippen LogP contribution < -0.4 is 51.3 Å². The van der Waals surface area contributed by atoms with E-state index in [1.54, 1.807) is 0 Å². The number of nitrogens with two attached hydrogens (primary N) is 1. The van der Waals surface area contributed by atoms with Crippen molar-refractivity contribution in [3.63, 3.8) is 0 Å². The van der Waals surface area contributed by atoms with Gasteiger partial charge in [-0.15, -0.1) is 0 Å². The van der Waals surface area contributed by atoms with Gasteiger partial charge in [0.2, 0.25) is 17.1 Å². The number of aromatic amines is 1. The Kier molecular flexibility index (Phi) is 13.9. The number of H-pyrrole nitrogens is 1. The number of carbonyl (C=O) groups excluding carboxylic acids is 2. The van der Waals surface area contributed by atoms with Crippen LogP contribution in [0.5, 0.6) is 11.5 Å². The molecule has 4 aliphatic rings. The number of fused-ring (bicyclic) bond motifs is 5. The zero-order valence-corrected chi connectivity index (χ0v) is 40.9. The molecule has 1 fully saturated rings. The van der Waals surface area contributed by atoms with E-state index in [4.69, 9.17) is 34.3 Å². The quantitative estimate of drug-likeness (QED) is 0.0382. The van der Waals surface area contributed by atoms with Gasteiger partial charge in [-0.2, -0.15) is 4.31 Å². The van der Waals surface area contributed by atoms with Gasteiger partial charge in [-0.25, -0.2) is 27.9 Å². The van der Waals surface area contributed by atoms with Gasteiger partial charge < -0.3 is 60.4 Å². The second kappa shape index (κ2) is 19.8. The van der Waals surface area contributed by atoms with Crippen molar-refractivity contribution in [1.82, 2.24) is 29.7 Å². The van der Waals surface area contributed by atoms with Crippen LogP contribution in [0.4, 0.5) is 16.4 Å². The van der Waals surface area contributed by atoms with Gasteiger partial charge in [0.05, 0.1) is 25.3 Å². The molecule has 2 amide bonds. The summed E-state index contributed by atoms with van der Waals surface area (Å²) < 4.78 is 55.1. The summed E-state index contributed by atoms with van der Waals surface area (Å²) in [5, 5.41) is 29.0. The van der Waals surface area contributed by atoms with Crippen LogP contribution in [0, 0.1) is 0 Å². The third-order valence-corrected chi connectivity index (χ3v) is 15.2. The number of amides is 2. The fraction of sp³-hybridized carbons (Fsp3) is 0.400. The van der Waals surface area contributed by atoms with E-state index in [-0.39, 0.29) is 41.3 Å². The van der Waals surface area contributed by atoms with Gasteiger partial charge >= 0.3 is 33.4 Å². The van der Waals surface area contributed by atoms with Crippen LogP contribution in [0.2, 0.25) is 0 Å². The summed E-state index contributed by atoms with van der Waals surface area (Å²) in [7, 11) is -9.50. The second-order valence-corrected chi connectivity index (χ2v) is 20.4. The van der Waals surface area contributed by atoms with E-state index in [1.807, 2.05) is 12.1 Å². The Bertz CT molecular complexity index is 3340. The van der Waals surface area contributed by atoms with Crippen LogP contribution in [-0.4, -0.2) is 122 Å². The van der Waals surface area contributed by atoms with Crippen molar-refractivity contribution in [2.24, 2.45) is 7.05 Å². The molecule has 1 saturated heterocycles. The number of hydrogen-bond donors (Lipinski definition) is 9. The Morgan fingerprint density at radius 3 is 2.50 bits per heavy atom. The van der Waals surface area contributed by atoms with Gasteiger partial charge in [0.25, 0.3) is 17.4 Å². The third kappa shape index (κ3) is 9.99. The molecule has 4 aliphatic heterocycles. The molecule has 382 valence electrons. The maximum Gasteiger partial charge on any atom is 0.481 e. The Hall–Kier alpha value is -6.53. The van der Waals surface area contributed by atoms with Gasteiger partial charge in [0, 0.05) is 71.8 Å². The molecule has 3 aromatic carbocycles. The van der Waals surface area contributed by atoms with E-state index in [2.05, 4.69) is 60.4 Å². The fourth-order valence-corrected chi connectivity index (χ4v) is 11.4. The summed E-state index contributed by atoms with van der Waals surface area (Å²) in [6.45, 7) is 6.12. The minimum atomic E-state index is -5.53. The van der Waals surface area contributed by atoms with Gasteiger partial charge in [-0.05, 0) is 74.6 Å². The number of nitrogens with zero attached hydrogens (tertiary/aromatic N) is 5. The zero-order chi connectivity index (χ0) is 51.4. The maximum atomic E-state index is 13.9. The number of carbonyl (C=O) groups is 3. The minimum absolute atomic E-state index is 0.00235. The van der Waals surface area contributed by atoms with Crippen molar-refractivity contribution in [1.29, 1.82) is 0 Å². The van der Waals surface area contributed by atoms with Crippen LogP contribution >= 0.6 is 15.6 Å². The largest absolute Gasteiger partial charge is 0.481 e. The van der Waals surface area contributed by atoms with Crippen molar-refractivity contribution >= 4 is 62.0 Å². The Morgan fingerprint density at radius 1 is 1.00 bits per heavy atom. The smallest absolute Gasteiger partial charge is 0.478 e. The summed E-state index contributed by atoms with van der Waals surface area (Å²) in [5.41, 5.74) is 10.0. The number of rotatable bonds is 15. The first-order chi connectivity index (χ1) is 34.2. The second-order valence-electron chi connectivity index (χ2n) is 17.6. The number of aliphatic hydroxyl groups excluding tert-OH is 1. The van der Waals surface area contributed by atoms with E-state index in [0.717, 1.165) is 74.0 Å². The molecule has 25 nitrogen and oxygen atoms in total. The number of aliphatic hydroxyl groups is 1. The molecule has 0 bridgehead atoms. The molecule has 0 aliphatic carbocycles. The lowest BCUT2D eigenvalue weighted by Gasteiger charge is -2.32. The number of nitrogens with one attached hydrogen (secondary N) is 3. The highest BCUT2D eigenvalue weighted by atomic mass is 31.3. The number of benzene rings is 3. The van der Waals surface area contributed by atoms with Crippen LogP contribution in [0.15, 0.2) is 53.6 Å². The van der Waals surface area contributed by atoms with Crippen LogP contribution in [0.1, 0.15) is 75.9 Å². The number of hydrogen-bond acceptors (Lipinski definition) is 15. The SMILES string of the molecule is CCN1CCCc2cc3c(cc21)Oc1cc2c(cc1=C3c1cc(C(=O)NCCNC(=O)O[C@H]3[C@@H](O)[C@H]([n+]4cn(C)c5c(=O)[nH]c(N)nc54)O[C@@H]3COP(=O)(O)OP(=O)(O)O)ccc1C(=O)O)CCC[N+]=2CC. The maximum absolute atomic E-state index is 13.9. The van der Waals surface area contributed by atoms with Crippen LogP contribution in [-0.2, 0) is 47.3 Å². The first-order valence-corrected chi connectivity index (χ1v) is 26.1. The third-order valence-electron chi connectivity index (χ3n) is 13.0. The fourth-order valence-electron chi connectivity index (χ4n) is 9.85. The molecule has 2 aromatic heterocycles. The number of imidazole rings is 1. The van der Waals surface area contributed by atoms with Crippen molar-refractivity contribution in [2.75, 3.05) is 56.5 Å². The Morgan fingerprint density at radius 2 is 1.76 bits per heavy atom. The van der Waals surface area contributed by atoms with Gasteiger partial charge in [0.15, 0.2) is 18.5 Å². The molecule has 27 heteroatoms. The summed E-state index contributed by atoms with van der Waals surface area (Å²) in [6.07, 6.45) is -2.96. The molecule has 5 aromatic rings. The van der Waals surface area contributed by atoms with Crippen molar-refractivity contribution in [3.8, 4) is 11.5 Å². The molecule has 5 atom stereocenters. The lowest BCUT2D eigenvalue weighted by atomic mass is 9.85. The molecular weight excluding hydrogens is 984 g/mol. The summed E-state index contributed by atoms with van der Waals surface area (Å²) >= 11 is 0. The Labute approximate surface area is 408 Å². The van der Waals surface area contributed by atoms with Gasteiger partial charge in [-0.3, -0.25) is 23.7 Å². The van der Waals surface area contributed by atoms with Gasteiger partial charge in [0.1, 0.15) is 30.7 Å². The number of aryl methyl sites for hydroxylation is 3. The molecule has 0 saturated carbocycles. The van der Waals surface area contributed by atoms with E-state index in [0.29, 0.717) is 33.4 Å². The van der Waals surface area contributed by atoms with E-state index in [1.165, 1.54) is 40.7 Å². The number of alkyl carbamates (subject to hydrolysis) is 1. The molecule has 6 heterocycles. The van der Waals surface area contributed by atoms with Crippen LogP contribution in [0.3, 0.4) is 0 Å². The number of carboxylic acids is 1. The molecule has 1 unspecified atom stereocenters. The number of nitrogen functional groups attached to an aromatic ring is 1. The van der Waals surface area contributed by atoms with E-state index < -0.39 is 70.3 Å². The summed E-state index contributed by atoms with van der Waals surface area (Å²) in [5.74, 6) is -0.948. The summed E-state index contributed by atoms with van der Waals surface area (Å²) in [6, 6.07) is 12.5. The molecular formula is C45H53N9O16P2+2. The standard InChI is InChI=1S/C45H51N9O16P2/c1-4-52-14-6-8-23-16-28-32(19-30(23)52)67-33-20-31-24(9-7-15-53(31)5-2)17-29(33)35(28)27-18-25(10-11-26(27)43(58)59)40(56)47-12-13-48-45(60)69-38-34(21-66-72(64,65)70-71(61,62)63)68-42(37(38)55)54-22-51(3)36-39(54)49-44(46)50-41(36)57/h10-11,16-20,22,34,37-38,42,55H,4-9,12-15,21H2,1-3H3,(H7-2,46,47,48,49,50,56,57,58,59,60,61,62,63,64,65)/p+2/t34-,37-,38-,42-/m1/s1. The zero-order valence-electron chi connectivity index (χ0n) is 39.1. The number of phosphoric ester groups is 1. The first kappa shape index (κ1) is 50.4. The van der Waals surface area contributed by atoms with Crippen molar-refractivity contribution in [2.45, 2.75) is 64.1 Å². The molecule has 72 heavy (non-hydrogen) atoms. The van der Waals surface area contributed by atoms with Crippen molar-refractivity contribution < 1.29 is 76.0 Å². The van der Waals surface area contributed by atoms with Crippen LogP contribution in [0.25, 0.3) is 16.7 Å². The lowest BCUT2D eigenvalue weighted by Crippen LogP contribution is -2.47. The monoisotopic (exact) mass is 1040 g/mol. The normalized spacial score (nSPS) is 20.2. The number of aromatic nitrogens is 4. The molecule has 9 rings (SSSR count). The highest BCUT2D eigenvalue weighted by Crippen LogP contribution is 2.57. The first-order valence-electron chi connectivity index (χ1n) is 23.1. The topological polar surface area (TPSA) is 344 Å². The average molecular weight is 1040 g/mol. The molecule has 0 radical (unpaired) electrons. The molecule has 10 N–H and O–H groups in total. The highest BCUT2D eigenvalue weighted by molar-refractivity contribution is 7.60. The van der Waals surface area contributed by atoms with Gasteiger partial charge in [-0.1, -0.05) is 4.98 Å². The van der Waals surface area contributed by atoms with Crippen molar-refractivity contribution in [3.05, 3.63) is 103 Å². The predicted octanol–water partition coefficient (Wildman–Crippen LogP) is 0.422.